The second-order valence-electron chi connectivity index (χ2n) is 4.44. The first-order chi connectivity index (χ1) is 8.60. The van der Waals surface area contributed by atoms with Crippen LogP contribution in [0.4, 0.5) is 13.2 Å². The number of alkyl halides is 2. The topological polar surface area (TPSA) is 29.4 Å². The van der Waals surface area contributed by atoms with Crippen molar-refractivity contribution in [3.05, 3.63) is 35.1 Å². The molecule has 0 spiro atoms. The minimum Gasteiger partial charge on any atom is -0.211 e. The van der Waals surface area contributed by atoms with Crippen LogP contribution in [0.15, 0.2) is 23.2 Å². The number of aliphatic imine (C=N–C) groups is 1. The molecule has 0 aliphatic heterocycles. The summed E-state index contributed by atoms with van der Waals surface area (Å²) in [5, 5.41) is 0. The number of hydrogen-bond acceptors (Lipinski definition) is 2. The van der Waals surface area contributed by atoms with Gasteiger partial charge in [0.1, 0.15) is 5.82 Å². The lowest BCUT2D eigenvalue weighted by Gasteiger charge is -2.25. The SMILES string of the molecule is O=C=NC1(c2cccc(F)c2C(F)F)CCCC1. The highest BCUT2D eigenvalue weighted by Gasteiger charge is 2.39. The molecule has 5 heteroatoms. The summed E-state index contributed by atoms with van der Waals surface area (Å²) in [6.07, 6.45) is 1.05. The Morgan fingerprint density at radius 3 is 2.50 bits per heavy atom. The van der Waals surface area contributed by atoms with E-state index in [2.05, 4.69) is 4.99 Å². The van der Waals surface area contributed by atoms with Crippen LogP contribution in [0.1, 0.15) is 43.2 Å². The third-order valence-electron chi connectivity index (χ3n) is 3.46. The van der Waals surface area contributed by atoms with E-state index in [1.807, 2.05) is 0 Å². The fourth-order valence-corrected chi connectivity index (χ4v) is 2.65. The van der Waals surface area contributed by atoms with Crippen molar-refractivity contribution in [2.45, 2.75) is 37.6 Å². The molecule has 0 atom stereocenters. The summed E-state index contributed by atoms with van der Waals surface area (Å²) >= 11 is 0. The van der Waals surface area contributed by atoms with E-state index < -0.39 is 23.3 Å². The second-order valence-corrected chi connectivity index (χ2v) is 4.44. The van der Waals surface area contributed by atoms with E-state index in [9.17, 15) is 18.0 Å². The Hall–Kier alpha value is -1.61. The van der Waals surface area contributed by atoms with Gasteiger partial charge >= 0.3 is 0 Å². The van der Waals surface area contributed by atoms with Gasteiger partial charge in [-0.2, -0.15) is 4.99 Å². The molecule has 96 valence electrons. The van der Waals surface area contributed by atoms with E-state index in [1.54, 1.807) is 0 Å². The molecule has 18 heavy (non-hydrogen) atoms. The smallest absolute Gasteiger partial charge is 0.211 e. The summed E-state index contributed by atoms with van der Waals surface area (Å²) in [4.78, 5) is 14.2. The van der Waals surface area contributed by atoms with Gasteiger partial charge in [-0.1, -0.05) is 25.0 Å². The zero-order valence-electron chi connectivity index (χ0n) is 9.63. The van der Waals surface area contributed by atoms with E-state index in [0.29, 0.717) is 12.8 Å². The van der Waals surface area contributed by atoms with Gasteiger partial charge in [0.2, 0.25) is 6.08 Å². The normalized spacial score (nSPS) is 17.8. The number of isocyanates is 1. The maximum Gasteiger partial charge on any atom is 0.267 e. The lowest BCUT2D eigenvalue weighted by atomic mass is 9.85. The molecule has 1 fully saturated rings. The lowest BCUT2D eigenvalue weighted by molar-refractivity contribution is 0.143. The van der Waals surface area contributed by atoms with Crippen molar-refractivity contribution in [1.82, 2.24) is 0 Å². The van der Waals surface area contributed by atoms with Crippen LogP contribution in [0, 0.1) is 5.82 Å². The quantitative estimate of drug-likeness (QED) is 0.595. The molecule has 1 aliphatic carbocycles. The predicted molar refractivity (Wildman–Crippen MR) is 59.6 cm³/mol. The third-order valence-corrected chi connectivity index (χ3v) is 3.46. The van der Waals surface area contributed by atoms with Crippen molar-refractivity contribution >= 4 is 6.08 Å². The number of nitrogens with zero attached hydrogens (tertiary/aromatic N) is 1. The molecule has 0 bridgehead atoms. The summed E-state index contributed by atoms with van der Waals surface area (Å²) in [6.45, 7) is 0. The van der Waals surface area contributed by atoms with Crippen LogP contribution in [0.25, 0.3) is 0 Å². The Morgan fingerprint density at radius 1 is 1.28 bits per heavy atom. The fraction of sp³-hybridized carbons (Fsp3) is 0.462. The largest absolute Gasteiger partial charge is 0.267 e. The maximum absolute atomic E-state index is 13.5. The van der Waals surface area contributed by atoms with Crippen LogP contribution in [0.2, 0.25) is 0 Å². The van der Waals surface area contributed by atoms with E-state index in [1.165, 1.54) is 18.2 Å². The third kappa shape index (κ3) is 2.06. The monoisotopic (exact) mass is 255 g/mol. The zero-order valence-corrected chi connectivity index (χ0v) is 9.63. The molecule has 1 aliphatic rings. The van der Waals surface area contributed by atoms with Crippen LogP contribution in [0.5, 0.6) is 0 Å². The summed E-state index contributed by atoms with van der Waals surface area (Å²) in [7, 11) is 0. The lowest BCUT2D eigenvalue weighted by Crippen LogP contribution is -2.22. The zero-order chi connectivity index (χ0) is 13.2. The number of halogens is 3. The van der Waals surface area contributed by atoms with Crippen molar-refractivity contribution in [2.24, 2.45) is 4.99 Å². The first-order valence-electron chi connectivity index (χ1n) is 5.77. The van der Waals surface area contributed by atoms with Crippen molar-refractivity contribution in [1.29, 1.82) is 0 Å². The maximum atomic E-state index is 13.5. The summed E-state index contributed by atoms with van der Waals surface area (Å²) in [5.74, 6) is -0.949. The molecule has 1 saturated carbocycles. The van der Waals surface area contributed by atoms with Gasteiger partial charge in [-0.15, -0.1) is 0 Å². The predicted octanol–water partition coefficient (Wildman–Crippen LogP) is 3.87. The highest BCUT2D eigenvalue weighted by molar-refractivity contribution is 5.42. The Balaban J connectivity index is 2.62. The molecule has 2 rings (SSSR count). The molecule has 0 heterocycles. The summed E-state index contributed by atoms with van der Waals surface area (Å²) in [6, 6.07) is 3.80. The first kappa shape index (κ1) is 12.8. The fourth-order valence-electron chi connectivity index (χ4n) is 2.65. The van der Waals surface area contributed by atoms with Crippen LogP contribution in [0.3, 0.4) is 0 Å². The van der Waals surface area contributed by atoms with Gasteiger partial charge in [-0.25, -0.2) is 18.0 Å². The molecule has 0 radical (unpaired) electrons. The number of benzene rings is 1. The van der Waals surface area contributed by atoms with E-state index >= 15 is 0 Å². The molecular formula is C13H12F3NO. The van der Waals surface area contributed by atoms with Gasteiger partial charge in [0.25, 0.3) is 6.43 Å². The summed E-state index contributed by atoms with van der Waals surface area (Å²) < 4.78 is 39.5. The average molecular weight is 255 g/mol. The van der Waals surface area contributed by atoms with Gasteiger partial charge in [0.15, 0.2) is 0 Å². The van der Waals surface area contributed by atoms with Crippen molar-refractivity contribution in [3.63, 3.8) is 0 Å². The van der Waals surface area contributed by atoms with Gasteiger partial charge in [-0.05, 0) is 24.5 Å². The molecule has 0 aromatic heterocycles. The minimum absolute atomic E-state index is 0.123. The van der Waals surface area contributed by atoms with Crippen molar-refractivity contribution in [2.75, 3.05) is 0 Å². The summed E-state index contributed by atoms with van der Waals surface area (Å²) in [5.41, 5.74) is -1.54. The average Bonchev–Trinajstić information content (AvgIpc) is 2.78. The number of hydrogen-bond donors (Lipinski definition) is 0. The molecule has 1 aromatic carbocycles. The highest BCUT2D eigenvalue weighted by Crippen LogP contribution is 2.45. The van der Waals surface area contributed by atoms with Crippen molar-refractivity contribution < 1.29 is 18.0 Å². The standard InChI is InChI=1S/C13H12F3NO/c14-10-5-3-4-9(11(10)12(15)16)13(17-8-18)6-1-2-7-13/h3-5,12H,1-2,6-7H2. The highest BCUT2D eigenvalue weighted by atomic mass is 19.3. The Bertz CT molecular complexity index is 489. The molecule has 1 aromatic rings. The van der Waals surface area contributed by atoms with Crippen LogP contribution in [-0.4, -0.2) is 6.08 Å². The van der Waals surface area contributed by atoms with Crippen LogP contribution < -0.4 is 0 Å². The molecule has 0 N–H and O–H groups in total. The van der Waals surface area contributed by atoms with Gasteiger partial charge in [0.05, 0.1) is 11.1 Å². The Morgan fingerprint density at radius 2 is 1.94 bits per heavy atom. The molecule has 0 saturated heterocycles. The van der Waals surface area contributed by atoms with Gasteiger partial charge < -0.3 is 0 Å². The van der Waals surface area contributed by atoms with Crippen LogP contribution in [-0.2, 0) is 10.3 Å². The first-order valence-corrected chi connectivity index (χ1v) is 5.77. The van der Waals surface area contributed by atoms with E-state index in [4.69, 9.17) is 0 Å². The molecule has 2 nitrogen and oxygen atoms in total. The van der Waals surface area contributed by atoms with E-state index in [-0.39, 0.29) is 5.56 Å². The second kappa shape index (κ2) is 4.94. The Kier molecular flexibility index (Phi) is 3.53. The van der Waals surface area contributed by atoms with Crippen molar-refractivity contribution in [3.8, 4) is 0 Å². The van der Waals surface area contributed by atoms with Crippen LogP contribution >= 0.6 is 0 Å². The molecule has 0 amide bonds. The van der Waals surface area contributed by atoms with Gasteiger partial charge in [0, 0.05) is 0 Å². The number of rotatable bonds is 3. The molecular weight excluding hydrogens is 243 g/mol. The van der Waals surface area contributed by atoms with E-state index in [0.717, 1.165) is 18.9 Å². The number of carbonyl (C=O) groups excluding carboxylic acids is 1. The molecule has 0 unspecified atom stereocenters. The minimum atomic E-state index is -2.92. The Labute approximate surface area is 103 Å². The van der Waals surface area contributed by atoms with Gasteiger partial charge in [-0.3, -0.25) is 0 Å².